The van der Waals surface area contributed by atoms with Crippen molar-refractivity contribution in [3.63, 3.8) is 0 Å². The Bertz CT molecular complexity index is 223. The lowest BCUT2D eigenvalue weighted by Gasteiger charge is -2.13. The monoisotopic (exact) mass is 220 g/mol. The molecule has 0 nitrogen and oxygen atoms in total. The molecule has 0 unspecified atom stereocenters. The van der Waals surface area contributed by atoms with Crippen molar-refractivity contribution in [3.05, 3.63) is 35.4 Å². The molecule has 16 heavy (non-hydrogen) atoms. The van der Waals surface area contributed by atoms with Crippen LogP contribution in [0.2, 0.25) is 0 Å². The maximum Gasteiger partial charge on any atom is -0.0276 e. The smallest absolute Gasteiger partial charge is 0.0276 e. The minimum Gasteiger partial charge on any atom is -0.0683 e. The van der Waals surface area contributed by atoms with Gasteiger partial charge in [0.05, 0.1) is 0 Å². The first-order valence-corrected chi connectivity index (χ1v) is 6.95. The van der Waals surface area contributed by atoms with Crippen molar-refractivity contribution in [2.75, 3.05) is 0 Å². The van der Waals surface area contributed by atoms with Crippen molar-refractivity contribution < 1.29 is 0 Å². The SMILES string of the molecule is CC.CCCC.c1ccc2c(c1)CCCC2. The summed E-state index contributed by atoms with van der Waals surface area (Å²) in [6.45, 7) is 8.36. The second-order valence-electron chi connectivity index (χ2n) is 3.98. The lowest BCUT2D eigenvalue weighted by atomic mass is 9.92. The summed E-state index contributed by atoms with van der Waals surface area (Å²) in [6.07, 6.45) is 8.01. The predicted octanol–water partition coefficient (Wildman–Crippen LogP) is 5.40. The summed E-state index contributed by atoms with van der Waals surface area (Å²) in [5.41, 5.74) is 3.16. The molecule has 0 bridgehead atoms. The van der Waals surface area contributed by atoms with Gasteiger partial charge in [0.2, 0.25) is 0 Å². The van der Waals surface area contributed by atoms with Crippen LogP contribution in [0.25, 0.3) is 0 Å². The van der Waals surface area contributed by atoms with Crippen LogP contribution < -0.4 is 0 Å². The van der Waals surface area contributed by atoms with Crippen LogP contribution >= 0.6 is 0 Å². The van der Waals surface area contributed by atoms with Crippen molar-refractivity contribution in [3.8, 4) is 0 Å². The zero-order valence-corrected chi connectivity index (χ0v) is 11.6. The van der Waals surface area contributed by atoms with E-state index in [2.05, 4.69) is 38.1 Å². The molecule has 1 aliphatic rings. The normalized spacial score (nSPS) is 12.5. The van der Waals surface area contributed by atoms with Crippen LogP contribution in [0.5, 0.6) is 0 Å². The molecule has 0 amide bonds. The summed E-state index contributed by atoms with van der Waals surface area (Å²) in [5, 5.41) is 0. The van der Waals surface area contributed by atoms with Crippen LogP contribution in [0.15, 0.2) is 24.3 Å². The molecule has 0 aromatic heterocycles. The van der Waals surface area contributed by atoms with E-state index in [9.17, 15) is 0 Å². The molecule has 0 aliphatic heterocycles. The van der Waals surface area contributed by atoms with Gasteiger partial charge in [-0.2, -0.15) is 0 Å². The van der Waals surface area contributed by atoms with Gasteiger partial charge < -0.3 is 0 Å². The van der Waals surface area contributed by atoms with Gasteiger partial charge in [0.15, 0.2) is 0 Å². The van der Waals surface area contributed by atoms with Gasteiger partial charge in [-0.15, -0.1) is 0 Å². The highest BCUT2D eigenvalue weighted by Crippen LogP contribution is 2.19. The molecule has 0 spiro atoms. The second-order valence-corrected chi connectivity index (χ2v) is 3.98. The minimum atomic E-state index is 1.30. The first-order chi connectivity index (χ1) is 7.88. The molecule has 0 heterocycles. The average Bonchev–Trinajstić information content (AvgIpc) is 2.41. The van der Waals surface area contributed by atoms with Gasteiger partial charge in [0.25, 0.3) is 0 Å². The van der Waals surface area contributed by atoms with E-state index in [0.29, 0.717) is 0 Å². The summed E-state index contributed by atoms with van der Waals surface area (Å²) < 4.78 is 0. The number of aryl methyl sites for hydroxylation is 2. The number of unbranched alkanes of at least 4 members (excludes halogenated alkanes) is 1. The quantitative estimate of drug-likeness (QED) is 0.594. The summed E-state index contributed by atoms with van der Waals surface area (Å²) in [6, 6.07) is 8.80. The van der Waals surface area contributed by atoms with E-state index in [0.717, 1.165) is 0 Å². The molecular formula is C16H28. The Labute approximate surface area is 102 Å². The number of hydrogen-bond donors (Lipinski definition) is 0. The highest BCUT2D eigenvalue weighted by atomic mass is 14.1. The van der Waals surface area contributed by atoms with E-state index in [4.69, 9.17) is 0 Å². The van der Waals surface area contributed by atoms with Crippen LogP contribution in [0.3, 0.4) is 0 Å². The van der Waals surface area contributed by atoms with Gasteiger partial charge in [0.1, 0.15) is 0 Å². The van der Waals surface area contributed by atoms with E-state index in [1.165, 1.54) is 38.5 Å². The fraction of sp³-hybridized carbons (Fsp3) is 0.625. The third-order valence-corrected chi connectivity index (χ3v) is 2.76. The maximum absolute atomic E-state index is 2.26. The third kappa shape index (κ3) is 5.95. The highest BCUT2D eigenvalue weighted by molar-refractivity contribution is 5.28. The molecule has 0 N–H and O–H groups in total. The van der Waals surface area contributed by atoms with E-state index >= 15 is 0 Å². The molecule has 1 aromatic rings. The molecule has 0 saturated carbocycles. The first-order valence-electron chi connectivity index (χ1n) is 6.95. The fourth-order valence-corrected chi connectivity index (χ4v) is 1.68. The van der Waals surface area contributed by atoms with Crippen LogP contribution in [0, 0.1) is 0 Å². The van der Waals surface area contributed by atoms with Gasteiger partial charge in [-0.1, -0.05) is 64.8 Å². The molecule has 1 aromatic carbocycles. The number of hydrogen-bond acceptors (Lipinski definition) is 0. The van der Waals surface area contributed by atoms with Crippen molar-refractivity contribution in [1.29, 1.82) is 0 Å². The molecule has 0 fully saturated rings. The Morgan fingerprint density at radius 2 is 1.19 bits per heavy atom. The Balaban J connectivity index is 0.000000323. The van der Waals surface area contributed by atoms with E-state index in [1.54, 1.807) is 11.1 Å². The highest BCUT2D eigenvalue weighted by Gasteiger charge is 2.05. The topological polar surface area (TPSA) is 0 Å². The summed E-state index contributed by atoms with van der Waals surface area (Å²) in [7, 11) is 0. The summed E-state index contributed by atoms with van der Waals surface area (Å²) in [5.74, 6) is 0. The van der Waals surface area contributed by atoms with Crippen molar-refractivity contribution in [1.82, 2.24) is 0 Å². The predicted molar refractivity (Wildman–Crippen MR) is 75.0 cm³/mol. The van der Waals surface area contributed by atoms with Gasteiger partial charge in [-0.25, -0.2) is 0 Å². The van der Waals surface area contributed by atoms with Gasteiger partial charge >= 0.3 is 0 Å². The molecular weight excluding hydrogens is 192 g/mol. The van der Waals surface area contributed by atoms with Crippen molar-refractivity contribution in [2.24, 2.45) is 0 Å². The molecule has 0 heteroatoms. The van der Waals surface area contributed by atoms with Gasteiger partial charge in [-0.3, -0.25) is 0 Å². The summed E-state index contributed by atoms with van der Waals surface area (Å²) >= 11 is 0. The minimum absolute atomic E-state index is 1.30. The third-order valence-electron chi connectivity index (χ3n) is 2.76. The standard InChI is InChI=1S/C10H12.C4H10.C2H6/c1-2-6-10-8-4-3-7-9(10)5-1;1-3-4-2;1-2/h1-2,5-6H,3-4,7-8H2;3-4H2,1-2H3;1-2H3. The fourth-order valence-electron chi connectivity index (χ4n) is 1.68. The molecule has 0 atom stereocenters. The van der Waals surface area contributed by atoms with Crippen molar-refractivity contribution in [2.45, 2.75) is 66.2 Å². The van der Waals surface area contributed by atoms with Gasteiger partial charge in [0, 0.05) is 0 Å². The Hall–Kier alpha value is -0.780. The molecule has 0 saturated heterocycles. The van der Waals surface area contributed by atoms with E-state index in [1.807, 2.05) is 13.8 Å². The maximum atomic E-state index is 2.26. The van der Waals surface area contributed by atoms with E-state index in [-0.39, 0.29) is 0 Å². The molecule has 0 radical (unpaired) electrons. The van der Waals surface area contributed by atoms with Gasteiger partial charge in [-0.05, 0) is 36.8 Å². The Morgan fingerprint density at radius 3 is 1.50 bits per heavy atom. The number of benzene rings is 1. The zero-order chi connectivity index (χ0) is 12.2. The lowest BCUT2D eigenvalue weighted by Crippen LogP contribution is -2.00. The second kappa shape index (κ2) is 10.7. The van der Waals surface area contributed by atoms with Crippen LogP contribution in [0.4, 0.5) is 0 Å². The largest absolute Gasteiger partial charge is 0.0683 e. The zero-order valence-electron chi connectivity index (χ0n) is 11.6. The van der Waals surface area contributed by atoms with Crippen molar-refractivity contribution >= 4 is 0 Å². The number of rotatable bonds is 1. The van der Waals surface area contributed by atoms with E-state index < -0.39 is 0 Å². The van der Waals surface area contributed by atoms with Crippen LogP contribution in [-0.4, -0.2) is 0 Å². The molecule has 2 rings (SSSR count). The first kappa shape index (κ1) is 15.2. The Kier molecular flexibility index (Phi) is 10.2. The van der Waals surface area contributed by atoms with Crippen LogP contribution in [-0.2, 0) is 12.8 Å². The average molecular weight is 220 g/mol. The van der Waals surface area contributed by atoms with Crippen LogP contribution in [0.1, 0.15) is 64.5 Å². The summed E-state index contributed by atoms with van der Waals surface area (Å²) in [4.78, 5) is 0. The Morgan fingerprint density at radius 1 is 0.812 bits per heavy atom. The molecule has 1 aliphatic carbocycles. The number of fused-ring (bicyclic) bond motifs is 1. The molecule has 92 valence electrons. The lowest BCUT2D eigenvalue weighted by molar-refractivity contribution is 0.685.